The van der Waals surface area contributed by atoms with Gasteiger partial charge in [0.1, 0.15) is 18.4 Å². The normalized spacial score (nSPS) is 20.4. The second-order valence-electron chi connectivity index (χ2n) is 11.6. The number of methoxy groups -OCH3 is 1. The first-order valence-electron chi connectivity index (χ1n) is 15.0. The van der Waals surface area contributed by atoms with E-state index in [1.807, 2.05) is 0 Å². The van der Waals surface area contributed by atoms with Crippen LogP contribution in [0.3, 0.4) is 0 Å². The molecule has 3 aliphatic heterocycles. The zero-order valence-corrected chi connectivity index (χ0v) is 25.0. The van der Waals surface area contributed by atoms with Crippen molar-refractivity contribution in [1.29, 1.82) is 0 Å². The van der Waals surface area contributed by atoms with E-state index in [4.69, 9.17) is 9.47 Å². The smallest absolute Gasteiger partial charge is 0.416 e. The first-order chi connectivity index (χ1) is 22.0. The average molecular weight is 640 g/mol. The minimum absolute atomic E-state index is 0.0222. The zero-order chi connectivity index (χ0) is 32.6. The molecule has 242 valence electrons. The molecule has 2 atom stereocenters. The Labute approximate surface area is 262 Å². The molecule has 3 amide bonds. The number of likely N-dealkylation sites (tertiary alicyclic amines) is 1. The molecule has 1 aromatic heterocycles. The van der Waals surface area contributed by atoms with E-state index in [0.29, 0.717) is 36.6 Å². The zero-order valence-electron chi connectivity index (χ0n) is 25.0. The number of fused-ring (bicyclic) bond motifs is 1. The Balaban J connectivity index is 1.16. The molecule has 6 rings (SSSR count). The number of aromatic nitrogens is 2. The fourth-order valence-corrected chi connectivity index (χ4v) is 6.26. The lowest BCUT2D eigenvalue weighted by atomic mass is 10.0. The van der Waals surface area contributed by atoms with Crippen LogP contribution in [0.2, 0.25) is 0 Å². The van der Waals surface area contributed by atoms with Crippen molar-refractivity contribution in [1.82, 2.24) is 24.9 Å². The third-order valence-corrected chi connectivity index (χ3v) is 8.67. The molecular formula is C32H32F3N5O6. The van der Waals surface area contributed by atoms with Crippen LogP contribution < -0.4 is 10.1 Å². The summed E-state index contributed by atoms with van der Waals surface area (Å²) in [5.41, 5.74) is 1.10. The lowest BCUT2D eigenvalue weighted by molar-refractivity contribution is -0.138. The third-order valence-electron chi connectivity index (χ3n) is 8.67. The topological polar surface area (TPSA) is 123 Å². The molecule has 3 aromatic rings. The van der Waals surface area contributed by atoms with Gasteiger partial charge in [0.15, 0.2) is 5.69 Å². The van der Waals surface area contributed by atoms with Crippen LogP contribution in [0.5, 0.6) is 5.75 Å². The number of nitrogens with one attached hydrogen (secondary N) is 1. The summed E-state index contributed by atoms with van der Waals surface area (Å²) in [7, 11) is 1.22. The van der Waals surface area contributed by atoms with Gasteiger partial charge in [-0.2, -0.15) is 18.3 Å². The van der Waals surface area contributed by atoms with Gasteiger partial charge in [0.2, 0.25) is 11.8 Å². The molecule has 4 heterocycles. The fraction of sp³-hybridized carbons (Fsp3) is 0.406. The lowest BCUT2D eigenvalue weighted by Gasteiger charge is -2.35. The maximum absolute atomic E-state index is 13.3. The second-order valence-corrected chi connectivity index (χ2v) is 11.6. The Morgan fingerprint density at radius 1 is 1.09 bits per heavy atom. The number of benzene rings is 2. The van der Waals surface area contributed by atoms with Crippen molar-refractivity contribution < 1.29 is 41.8 Å². The average Bonchev–Trinajstić information content (AvgIpc) is 3.60. The summed E-state index contributed by atoms with van der Waals surface area (Å²) < 4.78 is 52.4. The molecular weight excluding hydrogens is 607 g/mol. The number of esters is 1. The highest BCUT2D eigenvalue weighted by Gasteiger charge is 2.39. The van der Waals surface area contributed by atoms with Gasteiger partial charge in [0.05, 0.1) is 18.4 Å². The molecule has 2 aromatic carbocycles. The van der Waals surface area contributed by atoms with Crippen molar-refractivity contribution in [2.24, 2.45) is 0 Å². The van der Waals surface area contributed by atoms with E-state index in [2.05, 4.69) is 15.3 Å². The van der Waals surface area contributed by atoms with E-state index in [9.17, 15) is 32.3 Å². The monoisotopic (exact) mass is 639 g/mol. The van der Waals surface area contributed by atoms with Gasteiger partial charge in [-0.1, -0.05) is 12.5 Å². The van der Waals surface area contributed by atoms with Gasteiger partial charge in [-0.25, -0.2) is 9.48 Å². The number of ether oxygens (including phenoxy) is 2. The number of halogens is 3. The molecule has 46 heavy (non-hydrogen) atoms. The maximum atomic E-state index is 13.3. The third kappa shape index (κ3) is 6.34. The van der Waals surface area contributed by atoms with E-state index in [-0.39, 0.29) is 48.6 Å². The van der Waals surface area contributed by atoms with Crippen LogP contribution in [0, 0.1) is 0 Å². The Morgan fingerprint density at radius 3 is 2.67 bits per heavy atom. The standard InChI is InChI=1S/C32H32F3N5O6/c1-45-31(44)28-20(17-40(37-28)22-7-4-5-21(14-22)32(33,34)35)15-38-12-3-2-6-23(38)18-46-24-8-9-25-19(13-24)16-39(30(25)43)26-10-11-27(41)36-29(26)42/h4-5,7-9,13-14,17,23,26H,2-3,6,10-12,15-16,18H2,1H3,(H,36,41,42)/t23-,26?/m1/s1. The highest BCUT2D eigenvalue weighted by molar-refractivity contribution is 6.05. The highest BCUT2D eigenvalue weighted by Crippen LogP contribution is 2.32. The summed E-state index contributed by atoms with van der Waals surface area (Å²) in [5, 5.41) is 6.59. The Kier molecular flexibility index (Phi) is 8.55. The number of carbonyl (C=O) groups is 4. The van der Waals surface area contributed by atoms with Gasteiger partial charge in [-0.15, -0.1) is 0 Å². The van der Waals surface area contributed by atoms with Crippen molar-refractivity contribution in [2.45, 2.75) is 63.5 Å². The SMILES string of the molecule is COC(=O)c1nn(-c2cccc(C(F)(F)F)c2)cc1CN1CCCC[C@@H]1COc1ccc2c(c1)CN(C1CCC(=O)NC1=O)C2=O. The van der Waals surface area contributed by atoms with Gasteiger partial charge in [-0.3, -0.25) is 24.6 Å². The molecule has 1 unspecified atom stereocenters. The van der Waals surface area contributed by atoms with Crippen molar-refractivity contribution >= 4 is 23.7 Å². The van der Waals surface area contributed by atoms with Crippen LogP contribution in [0.1, 0.15) is 69.6 Å². The Morgan fingerprint density at radius 2 is 1.91 bits per heavy atom. The second kappa shape index (κ2) is 12.6. The largest absolute Gasteiger partial charge is 0.492 e. The minimum atomic E-state index is -4.53. The van der Waals surface area contributed by atoms with Crippen LogP contribution in [-0.4, -0.2) is 75.6 Å². The molecule has 0 saturated carbocycles. The number of hydrogen-bond acceptors (Lipinski definition) is 8. The van der Waals surface area contributed by atoms with Crippen LogP contribution in [0.15, 0.2) is 48.7 Å². The summed E-state index contributed by atoms with van der Waals surface area (Å²) >= 11 is 0. The van der Waals surface area contributed by atoms with Gasteiger partial charge in [0.25, 0.3) is 5.91 Å². The first-order valence-corrected chi connectivity index (χ1v) is 15.0. The van der Waals surface area contributed by atoms with Crippen LogP contribution >= 0.6 is 0 Å². The van der Waals surface area contributed by atoms with Crippen molar-refractivity contribution in [3.8, 4) is 11.4 Å². The number of hydrogen-bond donors (Lipinski definition) is 1. The van der Waals surface area contributed by atoms with Gasteiger partial charge >= 0.3 is 12.1 Å². The number of piperidine rings is 2. The predicted octanol–water partition coefficient (Wildman–Crippen LogP) is 3.87. The van der Waals surface area contributed by atoms with E-state index < -0.39 is 29.7 Å². The predicted molar refractivity (Wildman–Crippen MR) is 156 cm³/mol. The van der Waals surface area contributed by atoms with Gasteiger partial charge in [-0.05, 0) is 67.8 Å². The molecule has 11 nitrogen and oxygen atoms in total. The van der Waals surface area contributed by atoms with Crippen molar-refractivity contribution in [3.05, 3.63) is 76.6 Å². The fourth-order valence-electron chi connectivity index (χ4n) is 6.26. The van der Waals surface area contributed by atoms with E-state index in [0.717, 1.165) is 37.0 Å². The van der Waals surface area contributed by atoms with Crippen molar-refractivity contribution in [2.75, 3.05) is 20.3 Å². The van der Waals surface area contributed by atoms with Crippen LogP contribution in [0.25, 0.3) is 5.69 Å². The van der Waals surface area contributed by atoms with Crippen LogP contribution in [0.4, 0.5) is 13.2 Å². The summed E-state index contributed by atoms with van der Waals surface area (Å²) in [6, 6.07) is 9.17. The lowest BCUT2D eigenvalue weighted by Crippen LogP contribution is -2.52. The highest BCUT2D eigenvalue weighted by atomic mass is 19.4. The molecule has 3 aliphatic rings. The van der Waals surface area contributed by atoms with Crippen LogP contribution in [-0.2, 0) is 33.6 Å². The Hall–Kier alpha value is -4.72. The number of nitrogens with zero attached hydrogens (tertiary/aromatic N) is 4. The summed E-state index contributed by atoms with van der Waals surface area (Å²) in [4.78, 5) is 53.2. The van der Waals surface area contributed by atoms with Gasteiger partial charge < -0.3 is 14.4 Å². The number of amides is 3. The molecule has 0 bridgehead atoms. The van der Waals surface area contributed by atoms with E-state index >= 15 is 0 Å². The minimum Gasteiger partial charge on any atom is -0.492 e. The maximum Gasteiger partial charge on any atom is 0.416 e. The first kappa shape index (κ1) is 31.3. The number of imide groups is 1. The summed E-state index contributed by atoms with van der Waals surface area (Å²) in [5.74, 6) is -1.20. The number of carbonyl (C=O) groups excluding carboxylic acids is 4. The summed E-state index contributed by atoms with van der Waals surface area (Å²) in [6.07, 6.45) is 0.194. The molecule has 2 saturated heterocycles. The summed E-state index contributed by atoms with van der Waals surface area (Å²) in [6.45, 7) is 1.57. The molecule has 14 heteroatoms. The quantitative estimate of drug-likeness (QED) is 0.291. The molecule has 1 N–H and O–H groups in total. The Bertz CT molecular complexity index is 1690. The molecule has 2 fully saturated rings. The van der Waals surface area contributed by atoms with Gasteiger partial charge in [0, 0.05) is 42.9 Å². The number of alkyl halides is 3. The van der Waals surface area contributed by atoms with E-state index in [1.54, 1.807) is 24.4 Å². The molecule has 0 aliphatic carbocycles. The molecule has 0 radical (unpaired) electrons. The molecule has 0 spiro atoms. The number of rotatable bonds is 8. The van der Waals surface area contributed by atoms with Crippen molar-refractivity contribution in [3.63, 3.8) is 0 Å². The van der Waals surface area contributed by atoms with E-state index in [1.165, 1.54) is 28.8 Å².